The monoisotopic (exact) mass is 434 g/mol. The van der Waals surface area contributed by atoms with Gasteiger partial charge in [-0.05, 0) is 48.7 Å². The van der Waals surface area contributed by atoms with Crippen LogP contribution in [0.15, 0.2) is 54.7 Å². The fourth-order valence-electron chi connectivity index (χ4n) is 3.86. The Morgan fingerprint density at radius 1 is 1.17 bits per heavy atom. The summed E-state index contributed by atoms with van der Waals surface area (Å²) in [4.78, 5) is 11.4. The summed E-state index contributed by atoms with van der Waals surface area (Å²) in [5, 5.41) is 10.7. The van der Waals surface area contributed by atoms with Crippen molar-refractivity contribution in [1.82, 2.24) is 4.57 Å². The van der Waals surface area contributed by atoms with Crippen LogP contribution >= 0.6 is 11.6 Å². The zero-order chi connectivity index (χ0) is 21.2. The Balaban J connectivity index is 2.22. The van der Waals surface area contributed by atoms with E-state index in [2.05, 4.69) is 4.72 Å². The third-order valence-electron chi connectivity index (χ3n) is 5.21. The van der Waals surface area contributed by atoms with Crippen molar-refractivity contribution in [1.29, 1.82) is 0 Å². The highest BCUT2D eigenvalue weighted by Gasteiger charge is 2.34. The maximum absolute atomic E-state index is 11.7. The van der Waals surface area contributed by atoms with E-state index < -0.39 is 21.5 Å². The third-order valence-corrected chi connectivity index (χ3v) is 6.05. The van der Waals surface area contributed by atoms with Crippen LogP contribution in [0.1, 0.15) is 31.7 Å². The summed E-state index contributed by atoms with van der Waals surface area (Å²) >= 11 is 6.07. The van der Waals surface area contributed by atoms with E-state index in [9.17, 15) is 18.3 Å². The molecule has 8 heteroatoms. The van der Waals surface area contributed by atoms with E-state index in [1.54, 1.807) is 24.3 Å². The topological polar surface area (TPSA) is 88.4 Å². The van der Waals surface area contributed by atoms with E-state index in [0.717, 1.165) is 22.7 Å². The van der Waals surface area contributed by atoms with Gasteiger partial charge in [0.2, 0.25) is 10.0 Å². The van der Waals surface area contributed by atoms with E-state index in [0.29, 0.717) is 23.6 Å². The lowest BCUT2D eigenvalue weighted by molar-refractivity contribution is -0.137. The quantitative estimate of drug-likeness (QED) is 0.538. The molecule has 0 fully saturated rings. The number of nitrogens with zero attached hydrogens (tertiary/aromatic N) is 1. The van der Waals surface area contributed by atoms with Crippen LogP contribution in [0.3, 0.4) is 0 Å². The number of carboxylic acids is 1. The zero-order valence-corrected chi connectivity index (χ0v) is 17.8. The second kappa shape index (κ2) is 8.08. The van der Waals surface area contributed by atoms with Crippen LogP contribution in [-0.4, -0.2) is 30.3 Å². The third kappa shape index (κ3) is 4.41. The number of rotatable bonds is 8. The molecule has 0 spiro atoms. The maximum Gasteiger partial charge on any atom is 0.303 e. The van der Waals surface area contributed by atoms with Crippen LogP contribution in [-0.2, 0) is 20.4 Å². The zero-order valence-electron chi connectivity index (χ0n) is 16.2. The molecule has 1 heterocycles. The van der Waals surface area contributed by atoms with Gasteiger partial charge in [-0.2, -0.15) is 0 Å². The predicted molar refractivity (Wildman–Crippen MR) is 116 cm³/mol. The average Bonchev–Trinajstić information content (AvgIpc) is 3.08. The van der Waals surface area contributed by atoms with E-state index in [1.807, 2.05) is 42.0 Å². The lowest BCUT2D eigenvalue weighted by Gasteiger charge is -2.36. The largest absolute Gasteiger partial charge is 0.481 e. The molecule has 0 aliphatic carbocycles. The Hall–Kier alpha value is -2.51. The number of hydrogen-bond acceptors (Lipinski definition) is 3. The van der Waals surface area contributed by atoms with E-state index in [4.69, 9.17) is 11.6 Å². The van der Waals surface area contributed by atoms with Crippen LogP contribution in [0.4, 0.5) is 5.69 Å². The summed E-state index contributed by atoms with van der Waals surface area (Å²) in [6, 6.07) is 14.7. The molecule has 29 heavy (non-hydrogen) atoms. The number of aromatic nitrogens is 1. The SMILES string of the molecule is CCC(CCC(=O)O)(c1ccc(Cl)cc1)n1ccc2c(NS(C)(=O)=O)cccc21. The van der Waals surface area contributed by atoms with Crippen LogP contribution in [0.25, 0.3) is 10.9 Å². The van der Waals surface area contributed by atoms with Crippen LogP contribution in [0.2, 0.25) is 5.02 Å². The highest BCUT2D eigenvalue weighted by Crippen LogP contribution is 2.39. The number of fused-ring (bicyclic) bond motifs is 1. The second-order valence-corrected chi connectivity index (χ2v) is 9.27. The minimum atomic E-state index is -3.43. The Labute approximate surface area is 175 Å². The number of aliphatic carboxylic acids is 1. The standard InChI is InChI=1S/C21H23ClN2O4S/c1-3-21(13-11-20(25)26,15-7-9-16(22)10-8-15)24-14-12-17-18(23-29(2,27)28)5-4-6-19(17)24/h4-10,12,14,23H,3,11,13H2,1-2H3,(H,25,26). The molecule has 154 valence electrons. The molecular formula is C21H23ClN2O4S. The van der Waals surface area contributed by atoms with Gasteiger partial charge in [0.25, 0.3) is 0 Å². The smallest absolute Gasteiger partial charge is 0.303 e. The first-order valence-corrected chi connectivity index (χ1v) is 11.5. The highest BCUT2D eigenvalue weighted by molar-refractivity contribution is 7.92. The summed E-state index contributed by atoms with van der Waals surface area (Å²) in [6.07, 6.45) is 4.03. The summed E-state index contributed by atoms with van der Waals surface area (Å²) in [7, 11) is -3.43. The van der Waals surface area contributed by atoms with Crippen LogP contribution in [0, 0.1) is 0 Å². The second-order valence-electron chi connectivity index (χ2n) is 7.08. The van der Waals surface area contributed by atoms with Crippen molar-refractivity contribution in [3.8, 4) is 0 Å². The fraction of sp³-hybridized carbons (Fsp3) is 0.286. The Morgan fingerprint density at radius 2 is 1.86 bits per heavy atom. The Kier molecular flexibility index (Phi) is 5.91. The van der Waals surface area contributed by atoms with Gasteiger partial charge in [-0.1, -0.05) is 36.7 Å². The molecule has 0 saturated carbocycles. The van der Waals surface area contributed by atoms with E-state index in [-0.39, 0.29) is 6.42 Å². The van der Waals surface area contributed by atoms with Gasteiger partial charge in [-0.15, -0.1) is 0 Å². The highest BCUT2D eigenvalue weighted by atomic mass is 35.5. The van der Waals surface area contributed by atoms with Gasteiger partial charge < -0.3 is 9.67 Å². The average molecular weight is 435 g/mol. The molecule has 1 atom stereocenters. The molecule has 3 aromatic rings. The van der Waals surface area contributed by atoms with Gasteiger partial charge in [0, 0.05) is 23.0 Å². The van der Waals surface area contributed by atoms with Crippen molar-refractivity contribution in [2.45, 2.75) is 31.7 Å². The molecule has 2 N–H and O–H groups in total. The molecule has 2 aromatic carbocycles. The number of anilines is 1. The number of carboxylic acid groups (broad SMARTS) is 1. The lowest BCUT2D eigenvalue weighted by Crippen LogP contribution is -2.34. The molecule has 0 aliphatic rings. The van der Waals surface area contributed by atoms with Gasteiger partial charge >= 0.3 is 5.97 Å². The normalized spacial score (nSPS) is 13.9. The minimum Gasteiger partial charge on any atom is -0.481 e. The first-order chi connectivity index (χ1) is 13.7. The summed E-state index contributed by atoms with van der Waals surface area (Å²) in [5.74, 6) is -0.868. The number of sulfonamides is 1. The lowest BCUT2D eigenvalue weighted by atomic mass is 9.82. The summed E-state index contributed by atoms with van der Waals surface area (Å²) in [5.41, 5.74) is 1.64. The summed E-state index contributed by atoms with van der Waals surface area (Å²) in [6.45, 7) is 2.01. The molecule has 3 rings (SSSR count). The number of nitrogens with one attached hydrogen (secondary N) is 1. The molecule has 0 bridgehead atoms. The Morgan fingerprint density at radius 3 is 2.45 bits per heavy atom. The molecule has 0 amide bonds. The predicted octanol–water partition coefficient (Wildman–Crippen LogP) is 4.68. The van der Waals surface area contributed by atoms with Gasteiger partial charge in [0.05, 0.1) is 23.0 Å². The Bertz CT molecular complexity index is 1140. The maximum atomic E-state index is 11.7. The summed E-state index contributed by atoms with van der Waals surface area (Å²) < 4.78 is 28.1. The number of halogens is 1. The first kappa shape index (κ1) is 21.2. The molecule has 1 aromatic heterocycles. The van der Waals surface area contributed by atoms with Crippen molar-refractivity contribution in [3.63, 3.8) is 0 Å². The van der Waals surface area contributed by atoms with E-state index >= 15 is 0 Å². The van der Waals surface area contributed by atoms with Gasteiger partial charge in [0.1, 0.15) is 0 Å². The van der Waals surface area contributed by atoms with Crippen molar-refractivity contribution < 1.29 is 18.3 Å². The minimum absolute atomic E-state index is 0.00256. The molecule has 0 radical (unpaired) electrons. The van der Waals surface area contributed by atoms with Crippen molar-refractivity contribution in [3.05, 3.63) is 65.3 Å². The van der Waals surface area contributed by atoms with Crippen molar-refractivity contribution >= 4 is 44.2 Å². The molecular weight excluding hydrogens is 412 g/mol. The van der Waals surface area contributed by atoms with Gasteiger partial charge in [-0.25, -0.2) is 8.42 Å². The fourth-order valence-corrected chi connectivity index (χ4v) is 4.56. The molecule has 0 saturated heterocycles. The molecule has 1 unspecified atom stereocenters. The number of hydrogen-bond donors (Lipinski definition) is 2. The number of carbonyl (C=O) groups is 1. The number of benzene rings is 2. The van der Waals surface area contributed by atoms with Crippen molar-refractivity contribution in [2.24, 2.45) is 0 Å². The van der Waals surface area contributed by atoms with Gasteiger partial charge in [-0.3, -0.25) is 9.52 Å². The molecule has 0 aliphatic heterocycles. The van der Waals surface area contributed by atoms with E-state index in [1.165, 1.54) is 0 Å². The first-order valence-electron chi connectivity index (χ1n) is 9.22. The van der Waals surface area contributed by atoms with Gasteiger partial charge in [0.15, 0.2) is 0 Å². The van der Waals surface area contributed by atoms with Crippen molar-refractivity contribution in [2.75, 3.05) is 11.0 Å². The molecule has 6 nitrogen and oxygen atoms in total. The van der Waals surface area contributed by atoms with Crippen LogP contribution in [0.5, 0.6) is 0 Å². The van der Waals surface area contributed by atoms with Crippen LogP contribution < -0.4 is 4.72 Å².